The number of alkyl halides is 2. The van der Waals surface area contributed by atoms with Crippen LogP contribution in [0.2, 0.25) is 0 Å². The molecule has 3 aromatic carbocycles. The minimum absolute atomic E-state index is 0.0333. The molecule has 1 saturated heterocycles. The number of nitrogens with zero attached hydrogens (tertiary/aromatic N) is 3. The maximum Gasteiger partial charge on any atom is 0.412 e. The highest BCUT2D eigenvalue weighted by atomic mass is 19.3. The number of likely N-dealkylation sites (tertiary alicyclic amines) is 1. The molecule has 4 amide bonds. The second kappa shape index (κ2) is 18.9. The van der Waals surface area contributed by atoms with E-state index in [1.54, 1.807) is 78.9 Å². The Hall–Kier alpha value is -5.96. The zero-order chi connectivity index (χ0) is 39.4. The van der Waals surface area contributed by atoms with Gasteiger partial charge in [-0.15, -0.1) is 0 Å². The summed E-state index contributed by atoms with van der Waals surface area (Å²) in [6.45, 7) is 1.19. The fraction of sp³-hybridized carbons (Fsp3) is 0.350. The van der Waals surface area contributed by atoms with Crippen molar-refractivity contribution in [1.82, 2.24) is 25.1 Å². The van der Waals surface area contributed by atoms with Gasteiger partial charge in [-0.3, -0.25) is 29.1 Å². The monoisotopic (exact) mass is 758 g/mol. The van der Waals surface area contributed by atoms with Crippen LogP contribution < -0.4 is 21.5 Å². The molecular formula is C40H44F2N6O7. The molecule has 2 unspecified atom stereocenters. The molecule has 13 nitrogen and oxygen atoms in total. The summed E-state index contributed by atoms with van der Waals surface area (Å²) in [5, 5.41) is 17.8. The summed E-state index contributed by atoms with van der Waals surface area (Å²) in [6.07, 6.45) is 0.523. The highest BCUT2D eigenvalue weighted by molar-refractivity contribution is 5.89. The molecule has 4 N–H and O–H groups in total. The Bertz CT molecular complexity index is 2000. The zero-order valence-electron chi connectivity index (χ0n) is 30.4. The number of rotatable bonds is 14. The second-order valence-corrected chi connectivity index (χ2v) is 13.4. The summed E-state index contributed by atoms with van der Waals surface area (Å²) >= 11 is 0. The van der Waals surface area contributed by atoms with Gasteiger partial charge in [-0.05, 0) is 43.4 Å². The molecule has 0 spiro atoms. The molecule has 1 aliphatic rings. The van der Waals surface area contributed by atoms with Crippen molar-refractivity contribution in [3.05, 3.63) is 118 Å². The Labute approximate surface area is 316 Å². The predicted octanol–water partition coefficient (Wildman–Crippen LogP) is 4.21. The van der Waals surface area contributed by atoms with E-state index in [4.69, 9.17) is 4.74 Å². The molecule has 2 heterocycles. The van der Waals surface area contributed by atoms with Crippen molar-refractivity contribution in [2.75, 3.05) is 25.0 Å². The summed E-state index contributed by atoms with van der Waals surface area (Å²) in [4.78, 5) is 71.6. The molecule has 4 aromatic rings. The van der Waals surface area contributed by atoms with Gasteiger partial charge in [0.15, 0.2) is 0 Å². The molecule has 1 aromatic heterocycles. The van der Waals surface area contributed by atoms with Gasteiger partial charge < -0.3 is 25.4 Å². The molecule has 290 valence electrons. The molecule has 0 radical (unpaired) electrons. The molecule has 5 rings (SSSR count). The van der Waals surface area contributed by atoms with Crippen LogP contribution in [0.4, 0.5) is 19.3 Å². The average molecular weight is 759 g/mol. The van der Waals surface area contributed by atoms with Crippen molar-refractivity contribution >= 4 is 29.5 Å². The Balaban J connectivity index is 1.36. The van der Waals surface area contributed by atoms with E-state index in [-0.39, 0.29) is 24.5 Å². The largest absolute Gasteiger partial charge is 0.444 e. The number of aromatic nitrogens is 2. The molecule has 15 heteroatoms. The number of hydrogen-bond acceptors (Lipinski definition) is 8. The van der Waals surface area contributed by atoms with Gasteiger partial charge in [-0.2, -0.15) is 8.78 Å². The van der Waals surface area contributed by atoms with Crippen molar-refractivity contribution < 1.29 is 37.8 Å². The van der Waals surface area contributed by atoms with Crippen LogP contribution >= 0.6 is 0 Å². The number of nitrogens with one attached hydrogen (secondary N) is 3. The SMILES string of the molecule is Cc1cccc(-c2ncc(NC(=O)OCc3ccccc3)c(=O)n2CC(=O)NC(Cc2ccccc2)C(O)C(F)(F)C(=O)NCC(=O)N2CCCCCC2)c1. The number of anilines is 1. The second-order valence-electron chi connectivity index (χ2n) is 13.4. The first-order valence-electron chi connectivity index (χ1n) is 18.0. The van der Waals surface area contributed by atoms with Gasteiger partial charge in [-0.1, -0.05) is 97.3 Å². The zero-order valence-corrected chi connectivity index (χ0v) is 30.4. The van der Waals surface area contributed by atoms with Crippen LogP contribution in [0.5, 0.6) is 0 Å². The lowest BCUT2D eigenvalue weighted by molar-refractivity contribution is -0.168. The lowest BCUT2D eigenvalue weighted by Crippen LogP contribution is -2.59. The van der Waals surface area contributed by atoms with E-state index in [9.17, 15) is 29.1 Å². The summed E-state index contributed by atoms with van der Waals surface area (Å²) in [7, 11) is 0. The van der Waals surface area contributed by atoms with E-state index in [0.29, 0.717) is 29.8 Å². The van der Waals surface area contributed by atoms with Crippen LogP contribution in [-0.2, 0) is 38.7 Å². The summed E-state index contributed by atoms with van der Waals surface area (Å²) in [6, 6.07) is 22.2. The summed E-state index contributed by atoms with van der Waals surface area (Å²) < 4.78 is 37.5. The Morgan fingerprint density at radius 1 is 0.909 bits per heavy atom. The molecular weight excluding hydrogens is 714 g/mol. The standard InChI is InChI=1S/C40H44F2N6O7/c1-27-13-12-18-30(21-27)36-43-23-32(46-39(54)55-26-29-16-8-5-9-17-29)37(52)48(36)25-33(49)45-31(22-28-14-6-4-7-15-28)35(51)40(41,42)38(53)44-24-34(50)47-19-10-2-3-11-20-47/h4-9,12-18,21,23,31,35,51H,2-3,10-11,19-20,22,24-26H2,1H3,(H,44,53)(H,45,49)(H,46,54). The van der Waals surface area contributed by atoms with E-state index in [0.717, 1.165) is 42.0 Å². The minimum atomic E-state index is -4.44. The first kappa shape index (κ1) is 40.2. The molecule has 0 saturated carbocycles. The number of carbonyl (C=O) groups excluding carboxylic acids is 4. The third-order valence-corrected chi connectivity index (χ3v) is 9.13. The van der Waals surface area contributed by atoms with Crippen LogP contribution in [0.25, 0.3) is 11.4 Å². The van der Waals surface area contributed by atoms with Crippen molar-refractivity contribution in [2.24, 2.45) is 0 Å². The fourth-order valence-electron chi connectivity index (χ4n) is 6.21. The normalized spacial score (nSPS) is 14.2. The first-order valence-corrected chi connectivity index (χ1v) is 18.0. The number of aliphatic hydroxyl groups is 1. The molecule has 0 bridgehead atoms. The predicted molar refractivity (Wildman–Crippen MR) is 200 cm³/mol. The highest BCUT2D eigenvalue weighted by Gasteiger charge is 2.50. The van der Waals surface area contributed by atoms with Gasteiger partial charge in [0.25, 0.3) is 11.5 Å². The third kappa shape index (κ3) is 11.0. The number of amides is 4. The van der Waals surface area contributed by atoms with Crippen LogP contribution in [0.15, 0.2) is 95.9 Å². The first-order chi connectivity index (χ1) is 26.4. The van der Waals surface area contributed by atoms with Gasteiger partial charge in [0.1, 0.15) is 30.8 Å². The number of ether oxygens (including phenoxy) is 1. The number of halogens is 2. The van der Waals surface area contributed by atoms with Crippen molar-refractivity contribution in [2.45, 2.75) is 70.2 Å². The summed E-state index contributed by atoms with van der Waals surface area (Å²) in [5.41, 5.74) is 1.25. The van der Waals surface area contributed by atoms with Crippen LogP contribution in [-0.4, -0.2) is 81.1 Å². The van der Waals surface area contributed by atoms with Crippen molar-refractivity contribution in [3.8, 4) is 11.4 Å². The van der Waals surface area contributed by atoms with Crippen LogP contribution in [0.1, 0.15) is 42.4 Å². The summed E-state index contributed by atoms with van der Waals surface area (Å²) in [5.74, 6) is -7.78. The Morgan fingerprint density at radius 3 is 2.22 bits per heavy atom. The molecule has 55 heavy (non-hydrogen) atoms. The maximum absolute atomic E-state index is 15.7. The lowest BCUT2D eigenvalue weighted by atomic mass is 9.96. The van der Waals surface area contributed by atoms with E-state index < -0.39 is 60.5 Å². The van der Waals surface area contributed by atoms with Gasteiger partial charge in [0.05, 0.1) is 18.8 Å². The van der Waals surface area contributed by atoms with E-state index in [2.05, 4.69) is 15.6 Å². The fourth-order valence-corrected chi connectivity index (χ4v) is 6.21. The number of benzene rings is 3. The molecule has 0 aliphatic carbocycles. The number of aliphatic hydroxyl groups excluding tert-OH is 1. The number of hydrogen-bond donors (Lipinski definition) is 4. The van der Waals surface area contributed by atoms with Crippen molar-refractivity contribution in [3.63, 3.8) is 0 Å². The molecule has 1 fully saturated rings. The van der Waals surface area contributed by atoms with E-state index >= 15 is 8.78 Å². The molecule has 1 aliphatic heterocycles. The Kier molecular flexibility index (Phi) is 13.8. The minimum Gasteiger partial charge on any atom is -0.444 e. The third-order valence-electron chi connectivity index (χ3n) is 9.13. The van der Waals surface area contributed by atoms with E-state index in [1.807, 2.05) is 18.3 Å². The number of aryl methyl sites for hydroxylation is 1. The topological polar surface area (TPSA) is 172 Å². The average Bonchev–Trinajstić information content (AvgIpc) is 3.48. The van der Waals surface area contributed by atoms with E-state index in [1.165, 1.54) is 4.90 Å². The van der Waals surface area contributed by atoms with Gasteiger partial charge >= 0.3 is 12.0 Å². The van der Waals surface area contributed by atoms with Crippen LogP contribution in [0, 0.1) is 6.92 Å². The molecule has 2 atom stereocenters. The van der Waals surface area contributed by atoms with Gasteiger partial charge in [-0.25, -0.2) is 9.78 Å². The Morgan fingerprint density at radius 2 is 1.56 bits per heavy atom. The van der Waals surface area contributed by atoms with Crippen LogP contribution in [0.3, 0.4) is 0 Å². The highest BCUT2D eigenvalue weighted by Crippen LogP contribution is 2.24. The smallest absolute Gasteiger partial charge is 0.412 e. The van der Waals surface area contributed by atoms with Gasteiger partial charge in [0, 0.05) is 18.7 Å². The van der Waals surface area contributed by atoms with Crippen molar-refractivity contribution in [1.29, 1.82) is 0 Å². The lowest BCUT2D eigenvalue weighted by Gasteiger charge is -2.30. The number of carbonyl (C=O) groups is 4. The quantitative estimate of drug-likeness (QED) is 0.148. The van der Waals surface area contributed by atoms with Gasteiger partial charge in [0.2, 0.25) is 11.8 Å². The maximum atomic E-state index is 15.7.